The Morgan fingerprint density at radius 1 is 1.67 bits per heavy atom. The number of carboxylic acid groups (broad SMARTS) is 1. The van der Waals surface area contributed by atoms with Gasteiger partial charge in [-0.05, 0) is 25.5 Å². The topological polar surface area (TPSA) is 62.2 Å². The van der Waals surface area contributed by atoms with E-state index in [0.29, 0.717) is 11.9 Å². The van der Waals surface area contributed by atoms with Gasteiger partial charge >= 0.3 is 5.97 Å². The van der Waals surface area contributed by atoms with E-state index in [0.717, 1.165) is 12.8 Å². The average molecular weight is 208 g/mol. The normalized spacial score (nSPS) is 12.1. The molecule has 0 aliphatic carbocycles. The first kappa shape index (κ1) is 11.5. The Morgan fingerprint density at radius 2 is 2.40 bits per heavy atom. The Morgan fingerprint density at radius 3 is 3.00 bits per heavy atom. The van der Waals surface area contributed by atoms with Crippen molar-refractivity contribution in [2.24, 2.45) is 0 Å². The fraction of sp³-hybridized carbons (Fsp3) is 0.455. The van der Waals surface area contributed by atoms with Gasteiger partial charge in [-0.1, -0.05) is 13.3 Å². The maximum absolute atomic E-state index is 10.7. The third-order valence-electron chi connectivity index (χ3n) is 2.12. The van der Waals surface area contributed by atoms with E-state index in [4.69, 9.17) is 5.11 Å². The van der Waals surface area contributed by atoms with E-state index in [-0.39, 0.29) is 5.56 Å². The predicted octanol–water partition coefficient (Wildman–Crippen LogP) is 2.38. The zero-order valence-corrected chi connectivity index (χ0v) is 9.03. The number of nitrogens with zero attached hydrogens (tertiary/aromatic N) is 1. The number of anilines is 1. The molecule has 1 aromatic rings. The molecule has 1 heterocycles. The summed E-state index contributed by atoms with van der Waals surface area (Å²) in [6.45, 7) is 4.16. The molecule has 15 heavy (non-hydrogen) atoms. The zero-order valence-electron chi connectivity index (χ0n) is 9.03. The molecule has 0 spiro atoms. The van der Waals surface area contributed by atoms with Crippen LogP contribution in [-0.2, 0) is 0 Å². The number of hydrogen-bond acceptors (Lipinski definition) is 3. The van der Waals surface area contributed by atoms with Crippen LogP contribution in [0.3, 0.4) is 0 Å². The van der Waals surface area contributed by atoms with E-state index < -0.39 is 5.97 Å². The third-order valence-corrected chi connectivity index (χ3v) is 2.12. The lowest BCUT2D eigenvalue weighted by molar-refractivity contribution is 0.0697. The molecule has 0 saturated carbocycles. The molecule has 4 heteroatoms. The van der Waals surface area contributed by atoms with Gasteiger partial charge < -0.3 is 10.4 Å². The molecule has 1 atom stereocenters. The van der Waals surface area contributed by atoms with E-state index in [2.05, 4.69) is 24.1 Å². The summed E-state index contributed by atoms with van der Waals surface area (Å²) in [7, 11) is 0. The quantitative estimate of drug-likeness (QED) is 0.779. The van der Waals surface area contributed by atoms with Crippen molar-refractivity contribution < 1.29 is 9.90 Å². The zero-order chi connectivity index (χ0) is 11.3. The number of hydrogen-bond donors (Lipinski definition) is 2. The summed E-state index contributed by atoms with van der Waals surface area (Å²) in [5.74, 6) is -0.306. The second-order valence-corrected chi connectivity index (χ2v) is 3.57. The molecule has 0 aliphatic heterocycles. The van der Waals surface area contributed by atoms with Crippen LogP contribution in [0.25, 0.3) is 0 Å². The smallest absolute Gasteiger partial charge is 0.335 e. The summed E-state index contributed by atoms with van der Waals surface area (Å²) in [5.41, 5.74) is 0.260. The number of rotatable bonds is 5. The second kappa shape index (κ2) is 5.34. The first-order valence-corrected chi connectivity index (χ1v) is 5.09. The summed E-state index contributed by atoms with van der Waals surface area (Å²) < 4.78 is 0. The number of carboxylic acids is 1. The van der Waals surface area contributed by atoms with Gasteiger partial charge in [-0.15, -0.1) is 0 Å². The Labute approximate surface area is 89.3 Å². The minimum atomic E-state index is -0.927. The molecule has 1 rings (SSSR count). The Kier molecular flexibility index (Phi) is 4.09. The highest BCUT2D eigenvalue weighted by Crippen LogP contribution is 2.09. The van der Waals surface area contributed by atoms with E-state index in [9.17, 15) is 4.79 Å². The lowest BCUT2D eigenvalue weighted by Gasteiger charge is -2.13. The molecule has 0 aromatic carbocycles. The minimum absolute atomic E-state index is 0.260. The van der Waals surface area contributed by atoms with Gasteiger partial charge in [0.1, 0.15) is 5.82 Å². The molecule has 0 fully saturated rings. The summed E-state index contributed by atoms with van der Waals surface area (Å²) in [4.78, 5) is 14.8. The summed E-state index contributed by atoms with van der Waals surface area (Å²) in [6, 6.07) is 3.35. The fourth-order valence-electron chi connectivity index (χ4n) is 1.40. The van der Waals surface area contributed by atoms with Gasteiger partial charge in [0, 0.05) is 12.2 Å². The van der Waals surface area contributed by atoms with E-state index >= 15 is 0 Å². The Hall–Kier alpha value is -1.58. The number of pyridine rings is 1. The summed E-state index contributed by atoms with van der Waals surface area (Å²) in [6.07, 6.45) is 3.64. The van der Waals surface area contributed by atoms with E-state index in [1.54, 1.807) is 6.07 Å². The van der Waals surface area contributed by atoms with Crippen molar-refractivity contribution in [3.8, 4) is 0 Å². The molecule has 0 radical (unpaired) electrons. The van der Waals surface area contributed by atoms with Crippen molar-refractivity contribution in [2.45, 2.75) is 32.7 Å². The van der Waals surface area contributed by atoms with Crippen molar-refractivity contribution in [1.82, 2.24) is 4.98 Å². The van der Waals surface area contributed by atoms with E-state index in [1.807, 2.05) is 0 Å². The maximum atomic E-state index is 10.7. The molecule has 0 saturated heterocycles. The van der Waals surface area contributed by atoms with Gasteiger partial charge in [0.15, 0.2) is 0 Å². The molecule has 1 aromatic heterocycles. The largest absolute Gasteiger partial charge is 0.478 e. The average Bonchev–Trinajstić information content (AvgIpc) is 2.18. The maximum Gasteiger partial charge on any atom is 0.335 e. The SMILES string of the molecule is CCCC(C)Nc1cc(C(=O)O)ccn1. The predicted molar refractivity (Wildman–Crippen MR) is 59.2 cm³/mol. The molecule has 0 bridgehead atoms. The Balaban J connectivity index is 2.69. The van der Waals surface area contributed by atoms with Crippen LogP contribution in [0.15, 0.2) is 18.3 Å². The monoisotopic (exact) mass is 208 g/mol. The van der Waals surface area contributed by atoms with Crippen LogP contribution >= 0.6 is 0 Å². The second-order valence-electron chi connectivity index (χ2n) is 3.57. The van der Waals surface area contributed by atoms with Crippen LogP contribution in [0.2, 0.25) is 0 Å². The highest BCUT2D eigenvalue weighted by Gasteiger charge is 2.05. The Bertz CT molecular complexity index is 339. The van der Waals surface area contributed by atoms with E-state index in [1.165, 1.54) is 12.3 Å². The molecular formula is C11H16N2O2. The van der Waals surface area contributed by atoms with Crippen molar-refractivity contribution in [3.63, 3.8) is 0 Å². The van der Waals surface area contributed by atoms with Gasteiger partial charge in [0.2, 0.25) is 0 Å². The van der Waals surface area contributed by atoms with Gasteiger partial charge in [0.25, 0.3) is 0 Å². The standard InChI is InChI=1S/C11H16N2O2/c1-3-4-8(2)13-10-7-9(11(14)15)5-6-12-10/h5-8H,3-4H2,1-2H3,(H,12,13)(H,14,15). The number of aromatic carboxylic acids is 1. The van der Waals surface area contributed by atoms with Crippen LogP contribution in [0.5, 0.6) is 0 Å². The molecule has 4 nitrogen and oxygen atoms in total. The van der Waals surface area contributed by atoms with Crippen LogP contribution < -0.4 is 5.32 Å². The van der Waals surface area contributed by atoms with Crippen molar-refractivity contribution in [1.29, 1.82) is 0 Å². The van der Waals surface area contributed by atoms with Crippen LogP contribution in [0.4, 0.5) is 5.82 Å². The molecule has 82 valence electrons. The summed E-state index contributed by atoms with van der Waals surface area (Å²) in [5, 5.41) is 12.0. The lowest BCUT2D eigenvalue weighted by Crippen LogP contribution is -2.15. The number of aromatic nitrogens is 1. The minimum Gasteiger partial charge on any atom is -0.478 e. The first-order valence-electron chi connectivity index (χ1n) is 5.09. The van der Waals surface area contributed by atoms with Crippen LogP contribution in [0.1, 0.15) is 37.0 Å². The van der Waals surface area contributed by atoms with Gasteiger partial charge in [0.05, 0.1) is 5.56 Å². The summed E-state index contributed by atoms with van der Waals surface area (Å²) >= 11 is 0. The molecule has 0 aliphatic rings. The molecule has 0 amide bonds. The van der Waals surface area contributed by atoms with Crippen LogP contribution in [0, 0.1) is 0 Å². The fourth-order valence-corrected chi connectivity index (χ4v) is 1.40. The van der Waals surface area contributed by atoms with Crippen molar-refractivity contribution >= 4 is 11.8 Å². The lowest BCUT2D eigenvalue weighted by atomic mass is 10.2. The number of nitrogens with one attached hydrogen (secondary N) is 1. The molecular weight excluding hydrogens is 192 g/mol. The first-order chi connectivity index (χ1) is 7.13. The molecule has 2 N–H and O–H groups in total. The third kappa shape index (κ3) is 3.58. The van der Waals surface area contributed by atoms with Crippen molar-refractivity contribution in [2.75, 3.05) is 5.32 Å². The van der Waals surface area contributed by atoms with Crippen molar-refractivity contribution in [3.05, 3.63) is 23.9 Å². The number of carbonyl (C=O) groups is 1. The van der Waals surface area contributed by atoms with Gasteiger partial charge in [-0.2, -0.15) is 0 Å². The highest BCUT2D eigenvalue weighted by atomic mass is 16.4. The van der Waals surface area contributed by atoms with Gasteiger partial charge in [-0.25, -0.2) is 9.78 Å². The highest BCUT2D eigenvalue weighted by molar-refractivity contribution is 5.88. The van der Waals surface area contributed by atoms with Crippen LogP contribution in [-0.4, -0.2) is 22.1 Å². The van der Waals surface area contributed by atoms with Gasteiger partial charge in [-0.3, -0.25) is 0 Å². The molecule has 1 unspecified atom stereocenters.